The maximum atomic E-state index is 5.87. The Labute approximate surface area is 105 Å². The van der Waals surface area contributed by atoms with Crippen molar-refractivity contribution in [3.63, 3.8) is 0 Å². The SMILES string of the molecule is Cc1ccc(CN(C)C(CN)CC(C)(C)C)o1. The van der Waals surface area contributed by atoms with E-state index in [1.54, 1.807) is 0 Å². The minimum Gasteiger partial charge on any atom is -0.465 e. The van der Waals surface area contributed by atoms with Crippen LogP contribution in [-0.2, 0) is 6.54 Å². The summed E-state index contributed by atoms with van der Waals surface area (Å²) in [6.07, 6.45) is 1.10. The van der Waals surface area contributed by atoms with Crippen molar-refractivity contribution in [3.05, 3.63) is 23.7 Å². The lowest BCUT2D eigenvalue weighted by molar-refractivity contribution is 0.167. The van der Waals surface area contributed by atoms with Gasteiger partial charge in [0, 0.05) is 12.6 Å². The highest BCUT2D eigenvalue weighted by molar-refractivity contribution is 5.05. The number of likely N-dealkylation sites (N-methyl/N-ethyl adjacent to an activating group) is 1. The summed E-state index contributed by atoms with van der Waals surface area (Å²) in [5.41, 5.74) is 6.17. The molecule has 0 radical (unpaired) electrons. The molecule has 0 bridgehead atoms. The molecule has 0 aliphatic heterocycles. The minimum atomic E-state index is 0.303. The highest BCUT2D eigenvalue weighted by Crippen LogP contribution is 2.23. The van der Waals surface area contributed by atoms with Gasteiger partial charge in [-0.2, -0.15) is 0 Å². The first-order chi connectivity index (χ1) is 7.81. The van der Waals surface area contributed by atoms with Gasteiger partial charge in [-0.15, -0.1) is 0 Å². The van der Waals surface area contributed by atoms with Gasteiger partial charge in [0.1, 0.15) is 11.5 Å². The van der Waals surface area contributed by atoms with Crippen molar-refractivity contribution in [3.8, 4) is 0 Å². The molecule has 1 rings (SSSR count). The molecule has 0 aliphatic carbocycles. The fourth-order valence-electron chi connectivity index (χ4n) is 2.07. The first kappa shape index (κ1) is 14.3. The minimum absolute atomic E-state index is 0.303. The zero-order chi connectivity index (χ0) is 13.1. The summed E-state index contributed by atoms with van der Waals surface area (Å²) in [4.78, 5) is 2.28. The topological polar surface area (TPSA) is 42.4 Å². The van der Waals surface area contributed by atoms with E-state index in [0.29, 0.717) is 18.0 Å². The van der Waals surface area contributed by atoms with Crippen LogP contribution in [0.25, 0.3) is 0 Å². The van der Waals surface area contributed by atoms with Crippen molar-refractivity contribution in [1.82, 2.24) is 4.90 Å². The monoisotopic (exact) mass is 238 g/mol. The zero-order valence-corrected chi connectivity index (χ0v) is 11.8. The van der Waals surface area contributed by atoms with Gasteiger partial charge in [-0.25, -0.2) is 0 Å². The maximum Gasteiger partial charge on any atom is 0.118 e. The molecule has 3 heteroatoms. The lowest BCUT2D eigenvalue weighted by atomic mass is 9.87. The molecule has 1 aromatic heterocycles. The van der Waals surface area contributed by atoms with Crippen LogP contribution in [0.3, 0.4) is 0 Å². The van der Waals surface area contributed by atoms with Crippen LogP contribution in [0.4, 0.5) is 0 Å². The van der Waals surface area contributed by atoms with Gasteiger partial charge in [-0.3, -0.25) is 4.90 Å². The number of nitrogens with zero attached hydrogens (tertiary/aromatic N) is 1. The third kappa shape index (κ3) is 4.92. The normalized spacial score (nSPS) is 14.3. The summed E-state index contributed by atoms with van der Waals surface area (Å²) in [5.74, 6) is 1.98. The van der Waals surface area contributed by atoms with Crippen LogP contribution in [0.2, 0.25) is 0 Å². The Kier molecular flexibility index (Phi) is 4.78. The van der Waals surface area contributed by atoms with E-state index in [4.69, 9.17) is 10.2 Å². The van der Waals surface area contributed by atoms with Crippen molar-refractivity contribution in [1.29, 1.82) is 0 Å². The fraction of sp³-hybridized carbons (Fsp3) is 0.714. The van der Waals surface area contributed by atoms with Crippen LogP contribution in [0.15, 0.2) is 16.5 Å². The highest BCUT2D eigenvalue weighted by Gasteiger charge is 2.21. The maximum absolute atomic E-state index is 5.87. The van der Waals surface area contributed by atoms with Gasteiger partial charge < -0.3 is 10.2 Å². The fourth-order valence-corrected chi connectivity index (χ4v) is 2.07. The Morgan fingerprint density at radius 1 is 1.35 bits per heavy atom. The van der Waals surface area contributed by atoms with E-state index < -0.39 is 0 Å². The van der Waals surface area contributed by atoms with Crippen molar-refractivity contribution in [2.45, 2.75) is 46.7 Å². The van der Waals surface area contributed by atoms with Crippen LogP contribution in [0.5, 0.6) is 0 Å². The number of nitrogens with two attached hydrogens (primary N) is 1. The molecule has 0 amide bonds. The molecule has 98 valence electrons. The van der Waals surface area contributed by atoms with Crippen molar-refractivity contribution in [2.75, 3.05) is 13.6 Å². The molecule has 1 heterocycles. The van der Waals surface area contributed by atoms with Crippen LogP contribution in [0, 0.1) is 12.3 Å². The smallest absolute Gasteiger partial charge is 0.118 e. The summed E-state index contributed by atoms with van der Waals surface area (Å²) < 4.78 is 5.60. The van der Waals surface area contributed by atoms with E-state index in [1.165, 1.54) is 0 Å². The Balaban J connectivity index is 2.57. The van der Waals surface area contributed by atoms with Crippen LogP contribution >= 0.6 is 0 Å². The second-order valence-electron chi connectivity index (χ2n) is 6.08. The highest BCUT2D eigenvalue weighted by atomic mass is 16.3. The van der Waals surface area contributed by atoms with E-state index in [-0.39, 0.29) is 0 Å². The van der Waals surface area contributed by atoms with Gasteiger partial charge in [0.25, 0.3) is 0 Å². The molecule has 0 spiro atoms. The zero-order valence-electron chi connectivity index (χ0n) is 11.8. The van der Waals surface area contributed by atoms with Crippen molar-refractivity contribution in [2.24, 2.45) is 11.1 Å². The Morgan fingerprint density at radius 2 is 2.00 bits per heavy atom. The third-order valence-electron chi connectivity index (χ3n) is 2.94. The summed E-state index contributed by atoms with van der Waals surface area (Å²) in [7, 11) is 2.11. The molecule has 1 aromatic rings. The molecule has 1 unspecified atom stereocenters. The van der Waals surface area contributed by atoms with E-state index >= 15 is 0 Å². The van der Waals surface area contributed by atoms with Crippen LogP contribution in [-0.4, -0.2) is 24.5 Å². The van der Waals surface area contributed by atoms with Crippen molar-refractivity contribution < 1.29 is 4.42 Å². The summed E-state index contributed by atoms with van der Waals surface area (Å²) in [6, 6.07) is 4.45. The van der Waals surface area contributed by atoms with Gasteiger partial charge in [-0.1, -0.05) is 20.8 Å². The Morgan fingerprint density at radius 3 is 2.41 bits per heavy atom. The lowest BCUT2D eigenvalue weighted by Gasteiger charge is -2.31. The average Bonchev–Trinajstić information content (AvgIpc) is 2.59. The molecule has 0 saturated heterocycles. The van der Waals surface area contributed by atoms with Gasteiger partial charge in [0.15, 0.2) is 0 Å². The molecular weight excluding hydrogens is 212 g/mol. The van der Waals surface area contributed by atoms with E-state index in [1.807, 2.05) is 19.1 Å². The van der Waals surface area contributed by atoms with E-state index in [0.717, 1.165) is 24.5 Å². The second kappa shape index (κ2) is 5.69. The summed E-state index contributed by atoms with van der Waals surface area (Å²) in [5, 5.41) is 0. The van der Waals surface area contributed by atoms with Gasteiger partial charge >= 0.3 is 0 Å². The lowest BCUT2D eigenvalue weighted by Crippen LogP contribution is -2.40. The largest absolute Gasteiger partial charge is 0.465 e. The number of hydrogen-bond acceptors (Lipinski definition) is 3. The second-order valence-corrected chi connectivity index (χ2v) is 6.08. The average molecular weight is 238 g/mol. The number of aryl methyl sites for hydroxylation is 1. The molecule has 1 atom stereocenters. The predicted molar refractivity (Wildman–Crippen MR) is 71.8 cm³/mol. The summed E-state index contributed by atoms with van der Waals surface area (Å²) >= 11 is 0. The molecule has 0 aliphatic rings. The standard InChI is InChI=1S/C14H26N2O/c1-11-6-7-13(17-11)10-16(5)12(9-15)8-14(2,3)4/h6-7,12H,8-10,15H2,1-5H3. The van der Waals surface area contributed by atoms with Crippen LogP contribution < -0.4 is 5.73 Å². The van der Waals surface area contributed by atoms with E-state index in [2.05, 4.69) is 32.7 Å². The molecule has 17 heavy (non-hydrogen) atoms. The number of rotatable bonds is 5. The van der Waals surface area contributed by atoms with Gasteiger partial charge in [0.05, 0.1) is 6.54 Å². The Hall–Kier alpha value is -0.800. The molecule has 0 fully saturated rings. The van der Waals surface area contributed by atoms with Gasteiger partial charge in [-0.05, 0) is 37.9 Å². The number of hydrogen-bond donors (Lipinski definition) is 1. The first-order valence-electron chi connectivity index (χ1n) is 6.27. The quantitative estimate of drug-likeness (QED) is 0.857. The van der Waals surface area contributed by atoms with E-state index in [9.17, 15) is 0 Å². The predicted octanol–water partition coefficient (Wildman–Crippen LogP) is 2.78. The molecular formula is C14H26N2O. The summed E-state index contributed by atoms with van der Waals surface area (Å²) in [6.45, 7) is 10.2. The first-order valence-corrected chi connectivity index (χ1v) is 6.27. The molecule has 2 N–H and O–H groups in total. The van der Waals surface area contributed by atoms with Gasteiger partial charge in [0.2, 0.25) is 0 Å². The van der Waals surface area contributed by atoms with Crippen molar-refractivity contribution >= 4 is 0 Å². The van der Waals surface area contributed by atoms with Crippen LogP contribution in [0.1, 0.15) is 38.7 Å². The number of furan rings is 1. The molecule has 0 saturated carbocycles. The molecule has 3 nitrogen and oxygen atoms in total. The third-order valence-corrected chi connectivity index (χ3v) is 2.94. The molecule has 0 aromatic carbocycles. The Bertz CT molecular complexity index is 338.